The normalized spacial score (nSPS) is 15.6. The van der Waals surface area contributed by atoms with Crippen LogP contribution in [0.15, 0.2) is 60.7 Å². The summed E-state index contributed by atoms with van der Waals surface area (Å²) in [5, 5.41) is 7.04. The van der Waals surface area contributed by atoms with E-state index in [-0.39, 0.29) is 0 Å². The molecule has 0 aliphatic carbocycles. The minimum atomic E-state index is 0.530. The van der Waals surface area contributed by atoms with Crippen LogP contribution in [0.3, 0.4) is 0 Å². The molecule has 3 heterocycles. The van der Waals surface area contributed by atoms with Gasteiger partial charge in [0.05, 0.1) is 0 Å². The van der Waals surface area contributed by atoms with Gasteiger partial charge in [-0.05, 0) is 41.7 Å². The smallest absolute Gasteiger partial charge is 0.232 e. The molecule has 0 unspecified atom stereocenters. The minimum Gasteiger partial charge on any atom is -0.358 e. The second kappa shape index (κ2) is 10.2. The van der Waals surface area contributed by atoms with Gasteiger partial charge in [0, 0.05) is 38.8 Å². The number of aromatic nitrogens is 2. The van der Waals surface area contributed by atoms with Crippen LogP contribution in [0.1, 0.15) is 42.4 Å². The Kier molecular flexibility index (Phi) is 6.67. The molecule has 33 heavy (non-hydrogen) atoms. The third-order valence-electron chi connectivity index (χ3n) is 6.32. The summed E-state index contributed by atoms with van der Waals surface area (Å²) in [4.78, 5) is 14.4. The van der Waals surface area contributed by atoms with Gasteiger partial charge in [0.25, 0.3) is 0 Å². The Hall–Kier alpha value is -3.19. The predicted molar refractivity (Wildman–Crippen MR) is 139 cm³/mol. The van der Waals surface area contributed by atoms with Gasteiger partial charge in [0.2, 0.25) is 5.95 Å². The number of rotatable bonds is 5. The maximum Gasteiger partial charge on any atom is 0.232 e. The zero-order valence-corrected chi connectivity index (χ0v) is 19.7. The monoisotopic (exact) mass is 458 g/mol. The molecule has 2 aliphatic heterocycles. The molecular formula is C26H30N6S. The second-order valence-electron chi connectivity index (χ2n) is 8.73. The zero-order chi connectivity index (χ0) is 22.5. The van der Waals surface area contributed by atoms with Crippen molar-refractivity contribution in [3.63, 3.8) is 0 Å². The molecular weight excluding hydrogens is 428 g/mol. The summed E-state index contributed by atoms with van der Waals surface area (Å²) in [7, 11) is 0. The van der Waals surface area contributed by atoms with E-state index in [0.717, 1.165) is 37.8 Å². The van der Waals surface area contributed by atoms with Crippen molar-refractivity contribution in [2.45, 2.75) is 45.3 Å². The summed E-state index contributed by atoms with van der Waals surface area (Å²) in [6, 6.07) is 21.0. The number of hydrogen-bond acceptors (Lipinski definition) is 5. The maximum atomic E-state index is 5.56. The summed E-state index contributed by atoms with van der Waals surface area (Å²) in [5.74, 6) is 2.47. The lowest BCUT2D eigenvalue weighted by molar-refractivity contribution is 0.726. The molecule has 170 valence electrons. The van der Waals surface area contributed by atoms with Gasteiger partial charge in [-0.1, -0.05) is 67.4 Å². The molecule has 2 aliphatic rings. The quantitative estimate of drug-likeness (QED) is 0.529. The highest BCUT2D eigenvalue weighted by Crippen LogP contribution is 2.30. The van der Waals surface area contributed by atoms with E-state index >= 15 is 0 Å². The molecule has 7 heteroatoms. The van der Waals surface area contributed by atoms with Gasteiger partial charge >= 0.3 is 0 Å². The van der Waals surface area contributed by atoms with Gasteiger partial charge in [-0.3, -0.25) is 0 Å². The maximum absolute atomic E-state index is 5.56. The first-order valence-corrected chi connectivity index (χ1v) is 12.2. The molecule has 2 aromatic carbocycles. The lowest BCUT2D eigenvalue weighted by Crippen LogP contribution is -2.30. The van der Waals surface area contributed by atoms with Crippen molar-refractivity contribution in [1.29, 1.82) is 0 Å². The SMILES string of the molecule is S=C(NCc1ccccc1)Nc1nc(N2CCCCCC2)cc(N2Cc3ccccc3C2)n1. The average molecular weight is 459 g/mol. The Morgan fingerprint density at radius 3 is 2.06 bits per heavy atom. The van der Waals surface area contributed by atoms with E-state index in [0.29, 0.717) is 17.6 Å². The van der Waals surface area contributed by atoms with Crippen molar-refractivity contribution < 1.29 is 0 Å². The molecule has 0 spiro atoms. The van der Waals surface area contributed by atoms with Gasteiger partial charge < -0.3 is 20.4 Å². The number of nitrogens with one attached hydrogen (secondary N) is 2. The molecule has 0 atom stereocenters. The molecule has 2 N–H and O–H groups in total. The summed E-state index contributed by atoms with van der Waals surface area (Å²) in [5.41, 5.74) is 3.90. The molecule has 0 saturated carbocycles. The van der Waals surface area contributed by atoms with E-state index in [1.165, 1.54) is 42.4 Å². The topological polar surface area (TPSA) is 56.3 Å². The third kappa shape index (κ3) is 5.42. The van der Waals surface area contributed by atoms with Gasteiger partial charge in [-0.2, -0.15) is 9.97 Å². The van der Waals surface area contributed by atoms with Gasteiger partial charge in [0.1, 0.15) is 11.6 Å². The van der Waals surface area contributed by atoms with E-state index in [4.69, 9.17) is 22.2 Å². The summed E-state index contributed by atoms with van der Waals surface area (Å²) in [6.07, 6.45) is 4.98. The first-order chi connectivity index (χ1) is 16.2. The highest BCUT2D eigenvalue weighted by Gasteiger charge is 2.22. The Morgan fingerprint density at radius 1 is 0.788 bits per heavy atom. The van der Waals surface area contributed by atoms with E-state index in [9.17, 15) is 0 Å². The van der Waals surface area contributed by atoms with E-state index in [2.05, 4.69) is 62.9 Å². The lowest BCUT2D eigenvalue weighted by Gasteiger charge is -2.25. The highest BCUT2D eigenvalue weighted by molar-refractivity contribution is 7.80. The Balaban J connectivity index is 1.36. The van der Waals surface area contributed by atoms with Crippen LogP contribution in [0.4, 0.5) is 17.6 Å². The Bertz CT molecular complexity index is 1070. The molecule has 3 aromatic rings. The minimum absolute atomic E-state index is 0.530. The van der Waals surface area contributed by atoms with Crippen molar-refractivity contribution in [2.24, 2.45) is 0 Å². The largest absolute Gasteiger partial charge is 0.358 e. The van der Waals surface area contributed by atoms with Crippen LogP contribution in [0.2, 0.25) is 0 Å². The molecule has 0 amide bonds. The van der Waals surface area contributed by atoms with Crippen molar-refractivity contribution in [3.05, 3.63) is 77.4 Å². The molecule has 1 aromatic heterocycles. The van der Waals surface area contributed by atoms with Crippen molar-refractivity contribution >= 4 is 34.9 Å². The summed E-state index contributed by atoms with van der Waals surface area (Å²) in [6.45, 7) is 4.46. The van der Waals surface area contributed by atoms with Gasteiger partial charge in [-0.15, -0.1) is 0 Å². The number of nitrogens with zero attached hydrogens (tertiary/aromatic N) is 4. The van der Waals surface area contributed by atoms with Gasteiger partial charge in [-0.25, -0.2) is 0 Å². The fourth-order valence-electron chi connectivity index (χ4n) is 4.52. The molecule has 1 fully saturated rings. The lowest BCUT2D eigenvalue weighted by atomic mass is 10.1. The van der Waals surface area contributed by atoms with Crippen LogP contribution in [0.25, 0.3) is 0 Å². The van der Waals surface area contributed by atoms with Crippen LogP contribution < -0.4 is 20.4 Å². The van der Waals surface area contributed by atoms with E-state index in [1.54, 1.807) is 0 Å². The molecule has 6 nitrogen and oxygen atoms in total. The number of benzene rings is 2. The molecule has 5 rings (SSSR count). The number of fused-ring (bicyclic) bond motifs is 1. The van der Waals surface area contributed by atoms with Crippen molar-refractivity contribution in [1.82, 2.24) is 15.3 Å². The number of anilines is 3. The Labute approximate surface area is 201 Å². The zero-order valence-electron chi connectivity index (χ0n) is 18.8. The van der Waals surface area contributed by atoms with Crippen molar-refractivity contribution in [3.8, 4) is 0 Å². The second-order valence-corrected chi connectivity index (χ2v) is 9.14. The van der Waals surface area contributed by atoms with E-state index in [1.807, 2.05) is 18.2 Å². The van der Waals surface area contributed by atoms with E-state index < -0.39 is 0 Å². The average Bonchev–Trinajstić information content (AvgIpc) is 3.09. The Morgan fingerprint density at radius 2 is 1.39 bits per heavy atom. The molecule has 0 radical (unpaired) electrons. The highest BCUT2D eigenvalue weighted by atomic mass is 32.1. The van der Waals surface area contributed by atoms with Gasteiger partial charge in [0.15, 0.2) is 5.11 Å². The fourth-order valence-corrected chi connectivity index (χ4v) is 4.68. The predicted octanol–water partition coefficient (Wildman–Crippen LogP) is 4.86. The van der Waals surface area contributed by atoms with Crippen LogP contribution in [0.5, 0.6) is 0 Å². The molecule has 0 bridgehead atoms. The van der Waals surface area contributed by atoms with Crippen molar-refractivity contribution in [2.75, 3.05) is 28.2 Å². The van der Waals surface area contributed by atoms with Crippen LogP contribution in [-0.2, 0) is 19.6 Å². The number of thiocarbonyl (C=S) groups is 1. The molecule has 1 saturated heterocycles. The fraction of sp³-hybridized carbons (Fsp3) is 0.346. The van der Waals surface area contributed by atoms with Crippen LogP contribution in [-0.4, -0.2) is 28.2 Å². The van der Waals surface area contributed by atoms with Crippen LogP contribution in [0, 0.1) is 0 Å². The first-order valence-electron chi connectivity index (χ1n) is 11.8. The standard InChI is InChI=1S/C26H30N6S/c33-26(27-17-20-10-4-3-5-11-20)30-25-28-23(31-14-8-1-2-9-15-31)16-24(29-25)32-18-21-12-6-7-13-22(21)19-32/h3-7,10-13,16H,1-2,8-9,14-15,17-19H2,(H2,27,28,29,30,33). The first kappa shape index (κ1) is 21.6. The number of hydrogen-bond donors (Lipinski definition) is 2. The van der Waals surface area contributed by atoms with Crippen LogP contribution >= 0.6 is 12.2 Å². The third-order valence-corrected chi connectivity index (χ3v) is 6.56. The summed E-state index contributed by atoms with van der Waals surface area (Å²) < 4.78 is 0. The summed E-state index contributed by atoms with van der Waals surface area (Å²) >= 11 is 5.56.